The summed E-state index contributed by atoms with van der Waals surface area (Å²) in [4.78, 5) is 36.3. The van der Waals surface area contributed by atoms with Gasteiger partial charge in [-0.1, -0.05) is 12.8 Å². The molecular formula is C15H26NO4P. The van der Waals surface area contributed by atoms with E-state index in [9.17, 15) is 14.5 Å². The molecule has 0 aliphatic heterocycles. The molecule has 0 saturated heterocycles. The van der Waals surface area contributed by atoms with Gasteiger partial charge in [-0.15, -0.1) is 0 Å². The molecule has 1 unspecified atom stereocenters. The number of primary amides is 1. The highest BCUT2D eigenvalue weighted by molar-refractivity contribution is 7.52. The Morgan fingerprint density at radius 1 is 1.29 bits per heavy atom. The van der Waals surface area contributed by atoms with Crippen molar-refractivity contribution in [2.45, 2.75) is 53.4 Å². The molecule has 2 N–H and O–H groups in total. The zero-order chi connectivity index (χ0) is 16.3. The van der Waals surface area contributed by atoms with Crippen LogP contribution in [0.15, 0.2) is 0 Å². The van der Waals surface area contributed by atoms with Crippen molar-refractivity contribution in [3.63, 3.8) is 0 Å². The van der Waals surface area contributed by atoms with Gasteiger partial charge in [0.2, 0.25) is 5.91 Å². The molecule has 1 saturated carbocycles. The molecule has 0 spiro atoms. The van der Waals surface area contributed by atoms with Crippen LogP contribution < -0.4 is 10.6 Å². The molecule has 0 aromatic heterocycles. The number of hydrogen-bond acceptors (Lipinski definition) is 4. The van der Waals surface area contributed by atoms with Crippen molar-refractivity contribution in [3.05, 3.63) is 0 Å². The van der Waals surface area contributed by atoms with E-state index in [0.29, 0.717) is 24.3 Å². The van der Waals surface area contributed by atoms with Gasteiger partial charge < -0.3 is 15.4 Å². The van der Waals surface area contributed by atoms with Crippen molar-refractivity contribution < 1.29 is 19.2 Å². The topological polar surface area (TPSA) is 92.4 Å². The summed E-state index contributed by atoms with van der Waals surface area (Å²) in [6.45, 7) is 7.01. The van der Waals surface area contributed by atoms with Crippen LogP contribution in [0.3, 0.4) is 0 Å². The number of ether oxygens (including phenoxy) is 1. The third-order valence-electron chi connectivity index (χ3n) is 4.02. The molecule has 1 atom stereocenters. The Kier molecular flexibility index (Phi) is 5.94. The number of esters is 1. The van der Waals surface area contributed by atoms with Crippen LogP contribution in [0, 0.1) is 10.8 Å². The van der Waals surface area contributed by atoms with E-state index in [0.717, 1.165) is 12.8 Å². The predicted octanol–water partition coefficient (Wildman–Crippen LogP) is 1.57. The fraction of sp³-hybridized carbons (Fsp3) is 0.800. The highest BCUT2D eigenvalue weighted by Crippen LogP contribution is 2.43. The van der Waals surface area contributed by atoms with Crippen LogP contribution in [-0.4, -0.2) is 29.9 Å². The Balaban J connectivity index is 3.03. The lowest BCUT2D eigenvalue weighted by atomic mass is 9.82. The highest BCUT2D eigenvalue weighted by atomic mass is 31.1. The lowest BCUT2D eigenvalue weighted by Gasteiger charge is -2.27. The Labute approximate surface area is 127 Å². The maximum atomic E-state index is 12.4. The molecule has 0 radical (unpaired) electrons. The molecule has 0 bridgehead atoms. The highest BCUT2D eigenvalue weighted by Gasteiger charge is 2.48. The Morgan fingerprint density at radius 2 is 1.81 bits per heavy atom. The van der Waals surface area contributed by atoms with Crippen LogP contribution in [0.1, 0.15) is 53.4 Å². The minimum Gasteiger partial charge on any atom is -0.630 e. The summed E-state index contributed by atoms with van der Waals surface area (Å²) in [6.07, 6.45) is 3.39. The lowest BCUT2D eigenvalue weighted by molar-refractivity contribution is -0.154. The molecule has 6 heteroatoms. The van der Waals surface area contributed by atoms with Gasteiger partial charge in [-0.05, 0) is 40.5 Å². The third kappa shape index (κ3) is 4.04. The summed E-state index contributed by atoms with van der Waals surface area (Å²) in [5.41, 5.74) is 4.10. The quantitative estimate of drug-likeness (QED) is 0.615. The molecule has 0 heterocycles. The molecule has 0 aromatic carbocycles. The smallest absolute Gasteiger partial charge is 0.311 e. The van der Waals surface area contributed by atoms with Crippen LogP contribution >= 0.6 is 7.77 Å². The standard InChI is InChI=1S/C15H26NO4P/c1-5-21(19)11(10-20-13(18)14(2,3)4)15(12(16)17)8-6-7-9-15/h5-10H2,1-4H3,(H2,16,17). The van der Waals surface area contributed by atoms with E-state index in [1.165, 1.54) is 0 Å². The lowest BCUT2D eigenvalue weighted by Crippen LogP contribution is -2.44. The van der Waals surface area contributed by atoms with Gasteiger partial charge >= 0.3 is 5.97 Å². The van der Waals surface area contributed by atoms with Crippen molar-refractivity contribution in [1.82, 2.24) is 0 Å². The summed E-state index contributed by atoms with van der Waals surface area (Å²) >= 11 is 0. The Morgan fingerprint density at radius 3 is 2.19 bits per heavy atom. The maximum Gasteiger partial charge on any atom is 0.311 e. The van der Waals surface area contributed by atoms with E-state index in [2.05, 4.69) is 0 Å². The average Bonchev–Trinajstić information content (AvgIpc) is 2.87. The molecule has 1 amide bonds. The second-order valence-electron chi connectivity index (χ2n) is 6.62. The summed E-state index contributed by atoms with van der Waals surface area (Å²) < 4.78 is 5.31. The number of carbonyl (C=O) groups excluding carboxylic acids is 2. The number of amides is 1. The second-order valence-corrected chi connectivity index (χ2v) is 8.55. The number of carbonyl (C=O) groups is 2. The number of hydrogen-bond donors (Lipinski definition) is 1. The van der Waals surface area contributed by atoms with E-state index in [1.807, 2.05) is 0 Å². The molecule has 1 fully saturated rings. The van der Waals surface area contributed by atoms with Crippen LogP contribution in [-0.2, 0) is 14.3 Å². The molecule has 21 heavy (non-hydrogen) atoms. The number of nitrogens with two attached hydrogens (primary N) is 1. The fourth-order valence-corrected chi connectivity index (χ4v) is 4.05. The fourth-order valence-electron chi connectivity index (χ4n) is 2.65. The minimum atomic E-state index is -1.71. The molecular weight excluding hydrogens is 289 g/mol. The summed E-state index contributed by atoms with van der Waals surface area (Å²) in [5.74, 6) is -0.810. The first-order valence-corrected chi connectivity index (χ1v) is 8.87. The van der Waals surface area contributed by atoms with Gasteiger partial charge in [-0.25, -0.2) is 0 Å². The zero-order valence-corrected chi connectivity index (χ0v) is 14.3. The van der Waals surface area contributed by atoms with Crippen molar-refractivity contribution in [2.24, 2.45) is 16.6 Å². The van der Waals surface area contributed by atoms with Crippen LogP contribution in [0.4, 0.5) is 0 Å². The zero-order valence-electron chi connectivity index (χ0n) is 13.4. The molecule has 120 valence electrons. The van der Waals surface area contributed by atoms with Crippen molar-refractivity contribution in [1.29, 1.82) is 0 Å². The molecule has 1 rings (SSSR count). The number of rotatable bonds is 5. The SMILES string of the molecule is CC[P+]([O-])=C(COC(=O)C(C)(C)C)C1(C(N)=O)CCCC1. The van der Waals surface area contributed by atoms with Gasteiger partial charge in [0, 0.05) is 0 Å². The first-order valence-electron chi connectivity index (χ1n) is 7.43. The molecule has 0 aromatic rings. The van der Waals surface area contributed by atoms with Gasteiger partial charge in [0.05, 0.1) is 19.3 Å². The van der Waals surface area contributed by atoms with Crippen LogP contribution in [0.5, 0.6) is 0 Å². The third-order valence-corrected chi connectivity index (χ3v) is 5.76. The van der Waals surface area contributed by atoms with E-state index in [-0.39, 0.29) is 12.6 Å². The van der Waals surface area contributed by atoms with Gasteiger partial charge in [0.25, 0.3) is 0 Å². The predicted molar refractivity (Wildman–Crippen MR) is 83.0 cm³/mol. The monoisotopic (exact) mass is 315 g/mol. The molecule has 1 aliphatic carbocycles. The summed E-state index contributed by atoms with van der Waals surface area (Å²) in [5, 5.41) is 0.516. The van der Waals surface area contributed by atoms with Crippen molar-refractivity contribution >= 4 is 24.9 Å². The minimum absolute atomic E-state index is 0.0674. The molecule has 1 aliphatic rings. The van der Waals surface area contributed by atoms with Gasteiger partial charge in [-0.3, -0.25) is 9.59 Å². The second kappa shape index (κ2) is 6.89. The first kappa shape index (κ1) is 18.1. The van der Waals surface area contributed by atoms with E-state index in [1.54, 1.807) is 27.7 Å². The molecule has 5 nitrogen and oxygen atoms in total. The summed E-state index contributed by atoms with van der Waals surface area (Å²) in [6, 6.07) is 0. The summed E-state index contributed by atoms with van der Waals surface area (Å²) in [7, 11) is -1.71. The Hall–Kier alpha value is -0.930. The van der Waals surface area contributed by atoms with E-state index < -0.39 is 24.5 Å². The van der Waals surface area contributed by atoms with E-state index in [4.69, 9.17) is 10.5 Å². The van der Waals surface area contributed by atoms with Gasteiger partial charge in [-0.2, -0.15) is 0 Å². The first-order chi connectivity index (χ1) is 9.65. The van der Waals surface area contributed by atoms with E-state index >= 15 is 0 Å². The normalized spacial score (nSPS) is 19.1. The van der Waals surface area contributed by atoms with Crippen molar-refractivity contribution in [3.8, 4) is 0 Å². The maximum absolute atomic E-state index is 12.4. The largest absolute Gasteiger partial charge is 0.630 e. The van der Waals surface area contributed by atoms with Gasteiger partial charge in [0.1, 0.15) is 10.7 Å². The van der Waals surface area contributed by atoms with Crippen LogP contribution in [0.2, 0.25) is 0 Å². The Bertz CT molecular complexity index is 445. The van der Waals surface area contributed by atoms with Crippen molar-refractivity contribution in [2.75, 3.05) is 12.8 Å². The average molecular weight is 315 g/mol. The van der Waals surface area contributed by atoms with Gasteiger partial charge in [0.15, 0.2) is 6.61 Å². The van der Waals surface area contributed by atoms with Crippen LogP contribution in [0.25, 0.3) is 0 Å².